The van der Waals surface area contributed by atoms with E-state index in [4.69, 9.17) is 14.6 Å². The lowest BCUT2D eigenvalue weighted by Gasteiger charge is -2.25. The number of rotatable bonds is 9. The van der Waals surface area contributed by atoms with E-state index >= 15 is 0 Å². The van der Waals surface area contributed by atoms with E-state index in [0.717, 1.165) is 6.54 Å². The van der Waals surface area contributed by atoms with Crippen molar-refractivity contribution in [3.63, 3.8) is 0 Å². The summed E-state index contributed by atoms with van der Waals surface area (Å²) < 4.78 is 10.6. The maximum Gasteiger partial charge on any atom is 0.306 e. The van der Waals surface area contributed by atoms with Gasteiger partial charge in [-0.3, -0.25) is 9.59 Å². The van der Waals surface area contributed by atoms with E-state index in [1.807, 2.05) is 19.0 Å². The van der Waals surface area contributed by atoms with Crippen molar-refractivity contribution in [2.75, 3.05) is 33.9 Å². The van der Waals surface area contributed by atoms with Crippen LogP contribution in [0.5, 0.6) is 0 Å². The minimum absolute atomic E-state index is 0.115. The van der Waals surface area contributed by atoms with Crippen molar-refractivity contribution in [3.05, 3.63) is 0 Å². The van der Waals surface area contributed by atoms with Crippen molar-refractivity contribution in [2.45, 2.75) is 32.3 Å². The minimum Gasteiger partial charge on any atom is -0.481 e. The van der Waals surface area contributed by atoms with E-state index < -0.39 is 17.5 Å². The number of carbonyl (C=O) groups excluding carboxylic acids is 1. The number of aliphatic carboxylic acids is 1. The van der Waals surface area contributed by atoms with Crippen LogP contribution in [0.3, 0.4) is 0 Å². The predicted octanol–water partition coefficient (Wildman–Crippen LogP) is 0.751. The second kappa shape index (κ2) is 8.05. The smallest absolute Gasteiger partial charge is 0.306 e. The van der Waals surface area contributed by atoms with Crippen molar-refractivity contribution in [1.29, 1.82) is 0 Å². The quantitative estimate of drug-likeness (QED) is 0.487. The monoisotopic (exact) mass is 261 g/mol. The molecule has 0 heterocycles. The molecule has 0 aromatic heterocycles. The Bertz CT molecular complexity index is 276. The second-order valence-corrected chi connectivity index (χ2v) is 4.98. The summed E-state index contributed by atoms with van der Waals surface area (Å²) in [5, 5.41) is 8.45. The van der Waals surface area contributed by atoms with Gasteiger partial charge in [-0.2, -0.15) is 0 Å². The average molecular weight is 261 g/mol. The Balaban J connectivity index is 3.84. The van der Waals surface area contributed by atoms with Crippen LogP contribution in [-0.4, -0.2) is 61.4 Å². The van der Waals surface area contributed by atoms with E-state index in [0.29, 0.717) is 13.2 Å². The largest absolute Gasteiger partial charge is 0.481 e. The van der Waals surface area contributed by atoms with Crippen molar-refractivity contribution < 1.29 is 24.2 Å². The number of carboxylic acids is 1. The molecule has 6 nitrogen and oxygen atoms in total. The molecule has 0 aromatic carbocycles. The highest BCUT2D eigenvalue weighted by Gasteiger charge is 2.23. The molecule has 0 saturated heterocycles. The molecule has 0 fully saturated rings. The Morgan fingerprint density at radius 1 is 1.22 bits per heavy atom. The van der Waals surface area contributed by atoms with E-state index in [9.17, 15) is 9.59 Å². The second-order valence-electron chi connectivity index (χ2n) is 4.98. The Labute approximate surface area is 108 Å². The summed E-state index contributed by atoms with van der Waals surface area (Å²) in [5.74, 6) is -1.52. The minimum atomic E-state index is -1.01. The lowest BCUT2D eigenvalue weighted by atomic mass is 10.1. The molecular formula is C12H23NO5. The van der Waals surface area contributed by atoms with Gasteiger partial charge in [0.2, 0.25) is 0 Å². The van der Waals surface area contributed by atoms with Crippen LogP contribution in [0.25, 0.3) is 0 Å². The summed E-state index contributed by atoms with van der Waals surface area (Å²) in [6.45, 7) is 5.12. The van der Waals surface area contributed by atoms with Crippen LogP contribution in [0.15, 0.2) is 0 Å². The molecule has 0 atom stereocenters. The molecule has 0 aromatic rings. The zero-order chi connectivity index (χ0) is 14.2. The third kappa shape index (κ3) is 10.0. The Kier molecular flexibility index (Phi) is 7.54. The first-order valence-corrected chi connectivity index (χ1v) is 5.89. The number of esters is 1. The number of carboxylic acid groups (broad SMARTS) is 1. The van der Waals surface area contributed by atoms with Crippen LogP contribution in [0, 0.1) is 0 Å². The highest BCUT2D eigenvalue weighted by atomic mass is 16.6. The SMILES string of the molecule is CN(C)CCOCC(C)(C)OC(=O)CCC(=O)O. The number of likely N-dealkylation sites (N-methyl/N-ethyl adjacent to an activating group) is 1. The molecule has 0 radical (unpaired) electrons. The van der Waals surface area contributed by atoms with Gasteiger partial charge in [0.05, 0.1) is 26.1 Å². The van der Waals surface area contributed by atoms with Gasteiger partial charge in [-0.1, -0.05) is 0 Å². The van der Waals surface area contributed by atoms with Crippen LogP contribution in [0.4, 0.5) is 0 Å². The summed E-state index contributed by atoms with van der Waals surface area (Å²) in [5.41, 5.74) is -0.734. The van der Waals surface area contributed by atoms with Gasteiger partial charge in [0, 0.05) is 6.54 Å². The highest BCUT2D eigenvalue weighted by molar-refractivity contribution is 5.76. The van der Waals surface area contributed by atoms with Gasteiger partial charge >= 0.3 is 11.9 Å². The van der Waals surface area contributed by atoms with Gasteiger partial charge in [-0.15, -0.1) is 0 Å². The van der Waals surface area contributed by atoms with Gasteiger partial charge in [-0.05, 0) is 27.9 Å². The number of hydrogen-bond acceptors (Lipinski definition) is 5. The van der Waals surface area contributed by atoms with E-state index in [2.05, 4.69) is 0 Å². The number of carbonyl (C=O) groups is 2. The van der Waals surface area contributed by atoms with E-state index in [1.54, 1.807) is 13.8 Å². The normalized spacial score (nSPS) is 11.6. The summed E-state index contributed by atoms with van der Waals surface area (Å²) >= 11 is 0. The van der Waals surface area contributed by atoms with Crippen molar-refractivity contribution >= 4 is 11.9 Å². The molecule has 0 unspecified atom stereocenters. The molecule has 0 aliphatic carbocycles. The molecule has 6 heteroatoms. The summed E-state index contributed by atoms with van der Waals surface area (Å²) in [6, 6.07) is 0. The van der Waals surface area contributed by atoms with Gasteiger partial charge in [0.15, 0.2) is 0 Å². The molecule has 0 aliphatic rings. The zero-order valence-corrected chi connectivity index (χ0v) is 11.6. The summed E-state index contributed by atoms with van der Waals surface area (Å²) in [7, 11) is 3.89. The highest BCUT2D eigenvalue weighted by Crippen LogP contribution is 2.11. The van der Waals surface area contributed by atoms with Crippen LogP contribution >= 0.6 is 0 Å². The first-order valence-electron chi connectivity index (χ1n) is 5.89. The van der Waals surface area contributed by atoms with Crippen LogP contribution < -0.4 is 0 Å². The third-order valence-corrected chi connectivity index (χ3v) is 2.07. The van der Waals surface area contributed by atoms with Crippen LogP contribution in [0.2, 0.25) is 0 Å². The molecular weight excluding hydrogens is 238 g/mol. The fourth-order valence-corrected chi connectivity index (χ4v) is 1.16. The third-order valence-electron chi connectivity index (χ3n) is 2.07. The number of hydrogen-bond donors (Lipinski definition) is 1. The average Bonchev–Trinajstić information content (AvgIpc) is 2.21. The lowest BCUT2D eigenvalue weighted by Crippen LogP contribution is -2.34. The topological polar surface area (TPSA) is 76.1 Å². The molecule has 1 N–H and O–H groups in total. The predicted molar refractivity (Wildman–Crippen MR) is 66.4 cm³/mol. The van der Waals surface area contributed by atoms with Crippen LogP contribution in [-0.2, 0) is 19.1 Å². The van der Waals surface area contributed by atoms with E-state index in [1.165, 1.54) is 0 Å². The summed E-state index contributed by atoms with van der Waals surface area (Å²) in [4.78, 5) is 23.7. The van der Waals surface area contributed by atoms with Crippen molar-refractivity contribution in [1.82, 2.24) is 4.90 Å². The molecule has 0 bridgehead atoms. The van der Waals surface area contributed by atoms with Gasteiger partial charge in [0.1, 0.15) is 5.60 Å². The van der Waals surface area contributed by atoms with Gasteiger partial charge < -0.3 is 19.5 Å². The molecule has 0 spiro atoms. The zero-order valence-electron chi connectivity index (χ0n) is 11.6. The maximum absolute atomic E-state index is 11.4. The number of ether oxygens (including phenoxy) is 2. The van der Waals surface area contributed by atoms with Crippen LogP contribution in [0.1, 0.15) is 26.7 Å². The Hall–Kier alpha value is -1.14. The Morgan fingerprint density at radius 3 is 2.33 bits per heavy atom. The van der Waals surface area contributed by atoms with Gasteiger partial charge in [0.25, 0.3) is 0 Å². The molecule has 0 amide bonds. The molecule has 0 rings (SSSR count). The fraction of sp³-hybridized carbons (Fsp3) is 0.833. The lowest BCUT2D eigenvalue weighted by molar-refractivity contribution is -0.163. The van der Waals surface area contributed by atoms with Crippen molar-refractivity contribution in [3.8, 4) is 0 Å². The first-order chi connectivity index (χ1) is 8.23. The molecule has 106 valence electrons. The molecule has 18 heavy (non-hydrogen) atoms. The fourth-order valence-electron chi connectivity index (χ4n) is 1.16. The Morgan fingerprint density at radius 2 is 1.83 bits per heavy atom. The summed E-state index contributed by atoms with van der Waals surface area (Å²) in [6.07, 6.45) is -0.327. The first kappa shape index (κ1) is 16.9. The standard InChI is InChI=1S/C12H23NO5/c1-12(2,9-17-8-7-13(3)4)18-11(16)6-5-10(14)15/h5-9H2,1-4H3,(H,14,15). The molecule has 0 aliphatic heterocycles. The van der Waals surface area contributed by atoms with Gasteiger partial charge in [-0.25, -0.2) is 0 Å². The van der Waals surface area contributed by atoms with E-state index in [-0.39, 0.29) is 12.8 Å². The molecule has 0 saturated carbocycles. The van der Waals surface area contributed by atoms with Crippen molar-refractivity contribution in [2.24, 2.45) is 0 Å². The maximum atomic E-state index is 11.4. The number of nitrogens with zero attached hydrogens (tertiary/aromatic N) is 1.